The van der Waals surface area contributed by atoms with Crippen LogP contribution in [0.1, 0.15) is 32.6 Å². The standard InChI is InChI=1S/C32H23FN4O3/c1-21-27(18-34)31(39)36(19-22-12-15-25(33)16-13-22)32(40)29(21)28(38)17-14-24-20-37(26-10-6-3-7-11-26)35-30(24)23-8-4-2-5-9-23/h2-17,20,40H,19H2,1H3/b17-14+. The van der Waals surface area contributed by atoms with Crippen LogP contribution in [0.5, 0.6) is 5.88 Å². The molecule has 0 unspecified atom stereocenters. The number of aromatic nitrogens is 3. The molecule has 0 spiro atoms. The van der Waals surface area contributed by atoms with E-state index in [9.17, 15) is 24.3 Å². The van der Waals surface area contributed by atoms with Gasteiger partial charge in [0.05, 0.1) is 23.5 Å². The number of pyridine rings is 1. The Balaban J connectivity index is 1.57. The van der Waals surface area contributed by atoms with Crippen molar-refractivity contribution in [2.75, 3.05) is 0 Å². The van der Waals surface area contributed by atoms with Gasteiger partial charge in [0.1, 0.15) is 17.4 Å². The first kappa shape index (κ1) is 26.1. The minimum absolute atomic E-state index is 0.0817. The Labute approximate surface area is 229 Å². The van der Waals surface area contributed by atoms with E-state index in [2.05, 4.69) is 0 Å². The first-order valence-electron chi connectivity index (χ1n) is 12.4. The number of nitriles is 1. The van der Waals surface area contributed by atoms with Gasteiger partial charge in [0.15, 0.2) is 5.78 Å². The Kier molecular flexibility index (Phi) is 7.20. The lowest BCUT2D eigenvalue weighted by molar-refractivity contribution is 0.104. The van der Waals surface area contributed by atoms with Gasteiger partial charge in [-0.3, -0.25) is 14.2 Å². The summed E-state index contributed by atoms with van der Waals surface area (Å²) in [5, 5.41) is 25.4. The molecule has 3 aromatic carbocycles. The van der Waals surface area contributed by atoms with Crippen LogP contribution in [-0.2, 0) is 6.54 Å². The zero-order valence-electron chi connectivity index (χ0n) is 21.5. The number of rotatable bonds is 7. The Morgan fingerprint density at radius 3 is 2.33 bits per heavy atom. The van der Waals surface area contributed by atoms with Gasteiger partial charge in [-0.25, -0.2) is 9.07 Å². The first-order valence-corrected chi connectivity index (χ1v) is 12.4. The van der Waals surface area contributed by atoms with Crippen molar-refractivity contribution in [1.82, 2.24) is 14.3 Å². The summed E-state index contributed by atoms with van der Waals surface area (Å²) < 4.78 is 16.0. The monoisotopic (exact) mass is 530 g/mol. The minimum atomic E-state index is -0.738. The van der Waals surface area contributed by atoms with Gasteiger partial charge in [0, 0.05) is 17.3 Å². The molecule has 0 bridgehead atoms. The molecule has 0 atom stereocenters. The normalized spacial score (nSPS) is 11.0. The quantitative estimate of drug-likeness (QED) is 0.216. The average molecular weight is 531 g/mol. The largest absolute Gasteiger partial charge is 0.494 e. The van der Waals surface area contributed by atoms with Crippen LogP contribution in [0.2, 0.25) is 0 Å². The minimum Gasteiger partial charge on any atom is -0.494 e. The molecule has 2 aromatic heterocycles. The predicted octanol–water partition coefficient (Wildman–Crippen LogP) is 5.67. The van der Waals surface area contributed by atoms with Crippen molar-refractivity contribution in [3.63, 3.8) is 0 Å². The molecule has 0 saturated heterocycles. The smallest absolute Gasteiger partial charge is 0.271 e. The molecular weight excluding hydrogens is 507 g/mol. The predicted molar refractivity (Wildman–Crippen MR) is 150 cm³/mol. The van der Waals surface area contributed by atoms with Gasteiger partial charge in [-0.2, -0.15) is 10.4 Å². The van der Waals surface area contributed by atoms with E-state index in [1.807, 2.05) is 66.7 Å². The fourth-order valence-electron chi connectivity index (χ4n) is 4.46. The van der Waals surface area contributed by atoms with E-state index < -0.39 is 23.0 Å². The molecule has 196 valence electrons. The highest BCUT2D eigenvalue weighted by molar-refractivity contribution is 6.09. The topological polar surface area (TPSA) is 101 Å². The highest BCUT2D eigenvalue weighted by Gasteiger charge is 2.23. The van der Waals surface area contributed by atoms with E-state index in [0.29, 0.717) is 16.8 Å². The van der Waals surface area contributed by atoms with Gasteiger partial charge in [0.25, 0.3) is 5.56 Å². The summed E-state index contributed by atoms with van der Waals surface area (Å²) in [4.78, 5) is 26.4. The van der Waals surface area contributed by atoms with E-state index in [-0.39, 0.29) is 23.2 Å². The number of carbonyl (C=O) groups is 1. The number of hydrogen-bond acceptors (Lipinski definition) is 5. The fraction of sp³-hybridized carbons (Fsp3) is 0.0625. The number of carbonyl (C=O) groups excluding carboxylic acids is 1. The summed E-state index contributed by atoms with van der Waals surface area (Å²) in [7, 11) is 0. The van der Waals surface area contributed by atoms with Crippen LogP contribution in [0, 0.1) is 24.1 Å². The Morgan fingerprint density at radius 2 is 1.68 bits per heavy atom. The van der Waals surface area contributed by atoms with Crippen molar-refractivity contribution in [3.8, 4) is 28.9 Å². The van der Waals surface area contributed by atoms with Crippen LogP contribution in [0.25, 0.3) is 23.0 Å². The third-order valence-corrected chi connectivity index (χ3v) is 6.53. The molecule has 7 nitrogen and oxygen atoms in total. The van der Waals surface area contributed by atoms with Gasteiger partial charge >= 0.3 is 0 Å². The van der Waals surface area contributed by atoms with Crippen LogP contribution < -0.4 is 5.56 Å². The van der Waals surface area contributed by atoms with Crippen molar-refractivity contribution in [2.24, 2.45) is 0 Å². The third-order valence-electron chi connectivity index (χ3n) is 6.53. The lowest BCUT2D eigenvalue weighted by atomic mass is 10.00. The summed E-state index contributed by atoms with van der Waals surface area (Å²) in [6.45, 7) is 1.30. The second kappa shape index (κ2) is 11.1. The summed E-state index contributed by atoms with van der Waals surface area (Å²) in [5.74, 6) is -1.61. The summed E-state index contributed by atoms with van der Waals surface area (Å²) in [6, 6.07) is 26.3. The van der Waals surface area contributed by atoms with E-state index in [1.165, 1.54) is 37.3 Å². The number of nitrogens with zero attached hydrogens (tertiary/aromatic N) is 4. The Morgan fingerprint density at radius 1 is 1.02 bits per heavy atom. The van der Waals surface area contributed by atoms with Gasteiger partial charge in [-0.15, -0.1) is 0 Å². The molecule has 0 aliphatic heterocycles. The maximum absolute atomic E-state index is 13.5. The SMILES string of the molecule is Cc1c(C(=O)/C=C/c2cn(-c3ccccc3)nc2-c2ccccc2)c(O)n(Cc2ccc(F)cc2)c(=O)c1C#N. The number of hydrogen-bond donors (Lipinski definition) is 1. The highest BCUT2D eigenvalue weighted by Crippen LogP contribution is 2.27. The lowest BCUT2D eigenvalue weighted by Gasteiger charge is -2.15. The Hall–Kier alpha value is -5.55. The molecule has 40 heavy (non-hydrogen) atoms. The molecule has 0 radical (unpaired) electrons. The second-order valence-corrected chi connectivity index (χ2v) is 9.10. The van der Waals surface area contributed by atoms with Crippen LogP contribution in [0.4, 0.5) is 4.39 Å². The molecule has 1 N–H and O–H groups in total. The Bertz CT molecular complexity index is 1830. The van der Waals surface area contributed by atoms with E-state index in [4.69, 9.17) is 5.10 Å². The van der Waals surface area contributed by atoms with E-state index in [1.54, 1.807) is 17.0 Å². The van der Waals surface area contributed by atoms with E-state index in [0.717, 1.165) is 15.8 Å². The van der Waals surface area contributed by atoms with Gasteiger partial charge in [0.2, 0.25) is 5.88 Å². The van der Waals surface area contributed by atoms with Crippen molar-refractivity contribution < 1.29 is 14.3 Å². The molecule has 0 fully saturated rings. The molecule has 5 rings (SSSR count). The fourth-order valence-corrected chi connectivity index (χ4v) is 4.46. The van der Waals surface area contributed by atoms with Crippen molar-refractivity contribution in [3.05, 3.63) is 141 Å². The summed E-state index contributed by atoms with van der Waals surface area (Å²) in [6.07, 6.45) is 4.68. The van der Waals surface area contributed by atoms with Gasteiger partial charge in [-0.05, 0) is 54.5 Å². The molecule has 5 aromatic rings. The number of ketones is 1. The maximum atomic E-state index is 13.5. The number of benzene rings is 3. The molecular formula is C32H23FN4O3. The van der Waals surface area contributed by atoms with Crippen LogP contribution >= 0.6 is 0 Å². The third kappa shape index (κ3) is 5.08. The highest BCUT2D eigenvalue weighted by atomic mass is 19.1. The van der Waals surface area contributed by atoms with Crippen molar-refractivity contribution >= 4 is 11.9 Å². The zero-order chi connectivity index (χ0) is 28.2. The molecule has 0 aliphatic carbocycles. The summed E-state index contributed by atoms with van der Waals surface area (Å²) in [5.41, 5.74) is 2.44. The number of aromatic hydroxyl groups is 1. The molecule has 0 aliphatic rings. The number of allylic oxidation sites excluding steroid dienone is 1. The zero-order valence-corrected chi connectivity index (χ0v) is 21.5. The summed E-state index contributed by atoms with van der Waals surface area (Å²) >= 11 is 0. The van der Waals surface area contributed by atoms with Crippen molar-refractivity contribution in [2.45, 2.75) is 13.5 Å². The number of para-hydroxylation sites is 1. The lowest BCUT2D eigenvalue weighted by Crippen LogP contribution is -2.26. The van der Waals surface area contributed by atoms with E-state index >= 15 is 0 Å². The maximum Gasteiger partial charge on any atom is 0.271 e. The molecule has 2 heterocycles. The second-order valence-electron chi connectivity index (χ2n) is 9.10. The molecule has 0 amide bonds. The van der Waals surface area contributed by atoms with Gasteiger partial charge in [-0.1, -0.05) is 60.7 Å². The molecule has 0 saturated carbocycles. The van der Waals surface area contributed by atoms with Crippen molar-refractivity contribution in [1.29, 1.82) is 5.26 Å². The van der Waals surface area contributed by atoms with Crippen LogP contribution in [0.3, 0.4) is 0 Å². The number of halogens is 1. The van der Waals surface area contributed by atoms with Crippen LogP contribution in [-0.4, -0.2) is 25.2 Å². The average Bonchev–Trinajstić information content (AvgIpc) is 3.41. The van der Waals surface area contributed by atoms with Gasteiger partial charge < -0.3 is 5.11 Å². The molecule has 8 heteroatoms. The van der Waals surface area contributed by atoms with Crippen LogP contribution in [0.15, 0.2) is 102 Å². The first-order chi connectivity index (χ1) is 19.4.